The molecule has 0 aliphatic heterocycles. The smallest absolute Gasteiger partial charge is 0.322 e. The Balaban J connectivity index is 2.59. The van der Waals surface area contributed by atoms with E-state index in [-0.39, 0.29) is 19.0 Å². The monoisotopic (exact) mass is 296 g/mol. The molecule has 1 amide bonds. The van der Waals surface area contributed by atoms with E-state index in [4.69, 9.17) is 14.6 Å². The maximum absolute atomic E-state index is 11.5. The highest BCUT2D eigenvalue weighted by molar-refractivity contribution is 5.82. The summed E-state index contributed by atoms with van der Waals surface area (Å²) in [5.41, 5.74) is 0.930. The van der Waals surface area contributed by atoms with Gasteiger partial charge in [-0.05, 0) is 24.7 Å². The summed E-state index contributed by atoms with van der Waals surface area (Å²) in [7, 11) is 4.91. The van der Waals surface area contributed by atoms with Gasteiger partial charge in [0.15, 0.2) is 0 Å². The number of benzene rings is 1. The van der Waals surface area contributed by atoms with Gasteiger partial charge in [-0.1, -0.05) is 0 Å². The van der Waals surface area contributed by atoms with E-state index in [1.165, 1.54) is 0 Å². The molecule has 0 bridgehead atoms. The third-order valence-electron chi connectivity index (χ3n) is 2.71. The number of hydrogen-bond acceptors (Lipinski definition) is 5. The minimum atomic E-state index is -1.07. The highest BCUT2D eigenvalue weighted by Crippen LogP contribution is 2.23. The molecule has 1 rings (SSSR count). The Hall–Kier alpha value is -2.28. The van der Waals surface area contributed by atoms with Gasteiger partial charge in [0.05, 0.1) is 20.8 Å². The van der Waals surface area contributed by atoms with E-state index in [9.17, 15) is 9.59 Å². The zero-order valence-electron chi connectivity index (χ0n) is 12.4. The van der Waals surface area contributed by atoms with Gasteiger partial charge in [-0.2, -0.15) is 0 Å². The minimum absolute atomic E-state index is 0.104. The molecule has 0 aliphatic rings. The molecule has 116 valence electrons. The summed E-state index contributed by atoms with van der Waals surface area (Å²) in [6, 6.07) is 5.48. The van der Waals surface area contributed by atoms with Crippen molar-refractivity contribution in [3.63, 3.8) is 0 Å². The second-order valence-corrected chi connectivity index (χ2v) is 4.56. The largest absolute Gasteiger partial charge is 0.497 e. The van der Waals surface area contributed by atoms with E-state index in [0.717, 1.165) is 5.56 Å². The van der Waals surface area contributed by atoms with Gasteiger partial charge >= 0.3 is 5.97 Å². The van der Waals surface area contributed by atoms with E-state index < -0.39 is 5.97 Å². The van der Waals surface area contributed by atoms with Crippen molar-refractivity contribution in [2.45, 2.75) is 6.54 Å². The van der Waals surface area contributed by atoms with E-state index in [1.54, 1.807) is 32.2 Å². The maximum atomic E-state index is 11.5. The van der Waals surface area contributed by atoms with Crippen LogP contribution in [0.2, 0.25) is 0 Å². The molecule has 2 N–H and O–H groups in total. The van der Waals surface area contributed by atoms with Gasteiger partial charge in [-0.3, -0.25) is 14.5 Å². The van der Waals surface area contributed by atoms with E-state index in [1.807, 2.05) is 12.1 Å². The van der Waals surface area contributed by atoms with Crippen LogP contribution in [0, 0.1) is 0 Å². The number of carboxylic acid groups (broad SMARTS) is 1. The second-order valence-electron chi connectivity index (χ2n) is 4.56. The van der Waals surface area contributed by atoms with Crippen LogP contribution in [0.4, 0.5) is 0 Å². The standard InChI is InChI=1S/C14H20N2O5/c1-16(9-13(17)15-7-14(18)19)8-10-4-11(20-2)6-12(5-10)21-3/h4-6H,7-9H2,1-3H3,(H,15,17)(H,18,19). The first kappa shape index (κ1) is 16.8. The van der Waals surface area contributed by atoms with Crippen molar-refractivity contribution in [3.8, 4) is 11.5 Å². The number of nitrogens with zero attached hydrogens (tertiary/aromatic N) is 1. The summed E-state index contributed by atoms with van der Waals surface area (Å²) in [4.78, 5) is 23.7. The summed E-state index contributed by atoms with van der Waals surface area (Å²) in [5.74, 6) is -0.0561. The molecule has 0 aliphatic carbocycles. The molecular formula is C14H20N2O5. The molecule has 0 radical (unpaired) electrons. The second kappa shape index (κ2) is 8.11. The third kappa shape index (κ3) is 6.13. The van der Waals surface area contributed by atoms with Crippen molar-refractivity contribution >= 4 is 11.9 Å². The molecule has 7 heteroatoms. The zero-order chi connectivity index (χ0) is 15.8. The number of likely N-dealkylation sites (N-methyl/N-ethyl adjacent to an activating group) is 1. The number of hydrogen-bond donors (Lipinski definition) is 2. The average molecular weight is 296 g/mol. The van der Waals surface area contributed by atoms with Gasteiger partial charge in [0.25, 0.3) is 0 Å². The van der Waals surface area contributed by atoms with E-state index in [0.29, 0.717) is 18.0 Å². The third-order valence-corrected chi connectivity index (χ3v) is 2.71. The van der Waals surface area contributed by atoms with Crippen LogP contribution in [-0.2, 0) is 16.1 Å². The molecule has 0 aromatic heterocycles. The van der Waals surface area contributed by atoms with Gasteiger partial charge < -0.3 is 19.9 Å². The lowest BCUT2D eigenvalue weighted by Gasteiger charge is -2.17. The molecule has 1 aromatic carbocycles. The Morgan fingerprint density at radius 1 is 1.19 bits per heavy atom. The molecule has 0 unspecified atom stereocenters. The number of methoxy groups -OCH3 is 2. The Kier molecular flexibility index (Phi) is 6.48. The number of ether oxygens (including phenoxy) is 2. The van der Waals surface area contributed by atoms with Crippen LogP contribution in [0.25, 0.3) is 0 Å². The molecule has 0 atom stereocenters. The summed E-state index contributed by atoms with van der Waals surface area (Å²) in [5, 5.41) is 10.8. The fraction of sp³-hybridized carbons (Fsp3) is 0.429. The maximum Gasteiger partial charge on any atom is 0.322 e. The Bertz CT molecular complexity index is 482. The van der Waals surface area contributed by atoms with E-state index >= 15 is 0 Å². The number of carbonyl (C=O) groups excluding carboxylic acids is 1. The van der Waals surface area contributed by atoms with Crippen molar-refractivity contribution in [2.75, 3.05) is 34.4 Å². The lowest BCUT2D eigenvalue weighted by Crippen LogP contribution is -2.37. The lowest BCUT2D eigenvalue weighted by atomic mass is 10.2. The van der Waals surface area contributed by atoms with Crippen LogP contribution >= 0.6 is 0 Å². The fourth-order valence-electron chi connectivity index (χ4n) is 1.80. The van der Waals surface area contributed by atoms with Crippen molar-refractivity contribution in [1.82, 2.24) is 10.2 Å². The predicted molar refractivity (Wildman–Crippen MR) is 76.5 cm³/mol. The molecule has 1 aromatic rings. The summed E-state index contributed by atoms with van der Waals surface area (Å²) in [6.07, 6.45) is 0. The molecule has 0 fully saturated rings. The molecule has 0 heterocycles. The van der Waals surface area contributed by atoms with E-state index in [2.05, 4.69) is 5.32 Å². The SMILES string of the molecule is COc1cc(CN(C)CC(=O)NCC(=O)O)cc(OC)c1. The van der Waals surface area contributed by atoms with Crippen molar-refractivity contribution in [3.05, 3.63) is 23.8 Å². The molecule has 7 nitrogen and oxygen atoms in total. The Morgan fingerprint density at radius 2 is 1.76 bits per heavy atom. The highest BCUT2D eigenvalue weighted by Gasteiger charge is 2.10. The Labute approximate surface area is 123 Å². The number of aliphatic carboxylic acids is 1. The van der Waals surface area contributed by atoms with Crippen LogP contribution in [0.15, 0.2) is 18.2 Å². The number of rotatable bonds is 8. The highest BCUT2D eigenvalue weighted by atomic mass is 16.5. The summed E-state index contributed by atoms with van der Waals surface area (Å²) < 4.78 is 10.4. The normalized spacial score (nSPS) is 10.3. The van der Waals surface area contributed by atoms with Crippen LogP contribution in [0.1, 0.15) is 5.56 Å². The predicted octanol–water partition coefficient (Wildman–Crippen LogP) is 0.336. The summed E-state index contributed by atoms with van der Waals surface area (Å²) >= 11 is 0. The average Bonchev–Trinajstić information content (AvgIpc) is 2.44. The Morgan fingerprint density at radius 3 is 2.24 bits per heavy atom. The van der Waals surface area contributed by atoms with Crippen LogP contribution < -0.4 is 14.8 Å². The number of carboxylic acids is 1. The lowest BCUT2D eigenvalue weighted by molar-refractivity contribution is -0.138. The minimum Gasteiger partial charge on any atom is -0.497 e. The molecular weight excluding hydrogens is 276 g/mol. The van der Waals surface area contributed by atoms with Crippen molar-refractivity contribution < 1.29 is 24.2 Å². The first-order valence-corrected chi connectivity index (χ1v) is 6.33. The molecule has 0 saturated heterocycles. The number of amides is 1. The van der Waals surface area contributed by atoms with Gasteiger partial charge in [0.1, 0.15) is 18.0 Å². The van der Waals surface area contributed by atoms with Crippen molar-refractivity contribution in [2.24, 2.45) is 0 Å². The fourth-order valence-corrected chi connectivity index (χ4v) is 1.80. The van der Waals surface area contributed by atoms with Gasteiger partial charge in [0.2, 0.25) is 5.91 Å². The van der Waals surface area contributed by atoms with Crippen LogP contribution in [0.3, 0.4) is 0 Å². The first-order chi connectivity index (χ1) is 9.94. The summed E-state index contributed by atoms with van der Waals surface area (Å²) in [6.45, 7) is 0.237. The number of nitrogens with one attached hydrogen (secondary N) is 1. The van der Waals surface area contributed by atoms with Crippen LogP contribution in [0.5, 0.6) is 11.5 Å². The van der Waals surface area contributed by atoms with Crippen molar-refractivity contribution in [1.29, 1.82) is 0 Å². The van der Waals surface area contributed by atoms with Gasteiger partial charge in [0, 0.05) is 12.6 Å². The zero-order valence-corrected chi connectivity index (χ0v) is 12.4. The molecule has 21 heavy (non-hydrogen) atoms. The first-order valence-electron chi connectivity index (χ1n) is 6.33. The van der Waals surface area contributed by atoms with Gasteiger partial charge in [-0.25, -0.2) is 0 Å². The topological polar surface area (TPSA) is 88.1 Å². The molecule has 0 spiro atoms. The van der Waals surface area contributed by atoms with Gasteiger partial charge in [-0.15, -0.1) is 0 Å². The van der Waals surface area contributed by atoms with Crippen LogP contribution in [-0.4, -0.2) is 56.2 Å². The number of carbonyl (C=O) groups is 2. The quantitative estimate of drug-likeness (QED) is 0.719. The molecule has 0 saturated carbocycles.